The molecule has 2 aromatic rings. The van der Waals surface area contributed by atoms with Crippen LogP contribution in [0.1, 0.15) is 36.7 Å². The quantitative estimate of drug-likeness (QED) is 0.821. The first kappa shape index (κ1) is 14.9. The Bertz CT molecular complexity index is 587. The topological polar surface area (TPSA) is 58.0 Å². The van der Waals surface area contributed by atoms with E-state index in [-0.39, 0.29) is 12.5 Å². The molecule has 0 radical (unpaired) electrons. The molecule has 0 bridgehead atoms. The van der Waals surface area contributed by atoms with E-state index in [4.69, 9.17) is 5.11 Å². The molecule has 0 saturated heterocycles. The summed E-state index contributed by atoms with van der Waals surface area (Å²) in [6.07, 6.45) is 0. The van der Waals surface area contributed by atoms with Crippen LogP contribution in [0.25, 0.3) is 0 Å². The van der Waals surface area contributed by atoms with Gasteiger partial charge in [0.05, 0.1) is 6.61 Å². The van der Waals surface area contributed by atoms with Crippen molar-refractivity contribution in [2.24, 2.45) is 0 Å². The highest BCUT2D eigenvalue weighted by atomic mass is 79.9. The number of benzene rings is 1. The highest BCUT2D eigenvalue weighted by molar-refractivity contribution is 9.10. The first-order valence-electron chi connectivity index (χ1n) is 6.55. The van der Waals surface area contributed by atoms with Crippen molar-refractivity contribution >= 4 is 21.7 Å². The van der Waals surface area contributed by atoms with Crippen LogP contribution in [0.2, 0.25) is 0 Å². The Balaban J connectivity index is 2.10. The fourth-order valence-electron chi connectivity index (χ4n) is 1.81. The molecular weight excluding hydrogens is 318 g/mol. The van der Waals surface area contributed by atoms with Gasteiger partial charge in [-0.15, -0.1) is 0 Å². The average Bonchev–Trinajstić information content (AvgIpc) is 2.44. The zero-order valence-electron chi connectivity index (χ0n) is 11.6. The SMILES string of the molecule is CC(C)c1nc(Br)cc(NCc2cccc(CO)c2)n1. The number of aliphatic hydroxyl groups is 1. The zero-order chi connectivity index (χ0) is 14.5. The minimum Gasteiger partial charge on any atom is -0.392 e. The molecule has 0 atom stereocenters. The molecule has 0 aliphatic heterocycles. The van der Waals surface area contributed by atoms with Gasteiger partial charge in [0.1, 0.15) is 16.2 Å². The van der Waals surface area contributed by atoms with E-state index in [1.807, 2.05) is 30.3 Å². The van der Waals surface area contributed by atoms with Crippen LogP contribution in [0.5, 0.6) is 0 Å². The summed E-state index contributed by atoms with van der Waals surface area (Å²) >= 11 is 3.41. The maximum Gasteiger partial charge on any atom is 0.134 e. The van der Waals surface area contributed by atoms with E-state index < -0.39 is 0 Å². The van der Waals surface area contributed by atoms with Crippen LogP contribution < -0.4 is 5.32 Å². The first-order chi connectivity index (χ1) is 9.58. The summed E-state index contributed by atoms with van der Waals surface area (Å²) in [6.45, 7) is 4.85. The van der Waals surface area contributed by atoms with Crippen molar-refractivity contribution in [1.29, 1.82) is 0 Å². The largest absolute Gasteiger partial charge is 0.392 e. The third-order valence-electron chi connectivity index (χ3n) is 2.88. The van der Waals surface area contributed by atoms with Gasteiger partial charge in [0, 0.05) is 18.5 Å². The van der Waals surface area contributed by atoms with Gasteiger partial charge in [-0.2, -0.15) is 0 Å². The molecule has 4 nitrogen and oxygen atoms in total. The van der Waals surface area contributed by atoms with Crippen LogP contribution >= 0.6 is 15.9 Å². The molecule has 0 saturated carbocycles. The van der Waals surface area contributed by atoms with E-state index in [9.17, 15) is 0 Å². The Labute approximate surface area is 127 Å². The highest BCUT2D eigenvalue weighted by Gasteiger charge is 2.06. The molecule has 0 amide bonds. The molecule has 106 valence electrons. The van der Waals surface area contributed by atoms with Crippen molar-refractivity contribution in [2.75, 3.05) is 5.32 Å². The van der Waals surface area contributed by atoms with E-state index in [2.05, 4.69) is 45.1 Å². The van der Waals surface area contributed by atoms with Gasteiger partial charge in [0.25, 0.3) is 0 Å². The van der Waals surface area contributed by atoms with Crippen LogP contribution in [-0.4, -0.2) is 15.1 Å². The minimum absolute atomic E-state index is 0.0599. The van der Waals surface area contributed by atoms with Gasteiger partial charge in [0.15, 0.2) is 0 Å². The molecule has 0 aliphatic carbocycles. The molecule has 2 N–H and O–H groups in total. The van der Waals surface area contributed by atoms with Gasteiger partial charge in [-0.1, -0.05) is 38.1 Å². The van der Waals surface area contributed by atoms with Crippen molar-refractivity contribution in [1.82, 2.24) is 9.97 Å². The molecule has 0 unspecified atom stereocenters. The highest BCUT2D eigenvalue weighted by Crippen LogP contribution is 2.18. The van der Waals surface area contributed by atoms with Crippen molar-refractivity contribution in [2.45, 2.75) is 32.9 Å². The number of rotatable bonds is 5. The second kappa shape index (κ2) is 6.81. The first-order valence-corrected chi connectivity index (χ1v) is 7.35. The van der Waals surface area contributed by atoms with Crippen molar-refractivity contribution in [3.63, 3.8) is 0 Å². The number of hydrogen-bond acceptors (Lipinski definition) is 4. The van der Waals surface area contributed by atoms with Crippen molar-refractivity contribution in [3.05, 3.63) is 51.9 Å². The predicted octanol–water partition coefficient (Wildman–Crippen LogP) is 3.47. The molecule has 1 aromatic carbocycles. The minimum atomic E-state index is 0.0599. The van der Waals surface area contributed by atoms with Gasteiger partial charge in [-0.3, -0.25) is 0 Å². The maximum absolute atomic E-state index is 9.13. The summed E-state index contributed by atoms with van der Waals surface area (Å²) in [5.41, 5.74) is 2.02. The molecular formula is C15H18BrN3O. The predicted molar refractivity (Wildman–Crippen MR) is 83.5 cm³/mol. The van der Waals surface area contributed by atoms with Crippen molar-refractivity contribution < 1.29 is 5.11 Å². The molecule has 0 fully saturated rings. The van der Waals surface area contributed by atoms with Gasteiger partial charge < -0.3 is 10.4 Å². The summed E-state index contributed by atoms with van der Waals surface area (Å²) in [4.78, 5) is 8.84. The van der Waals surface area contributed by atoms with Crippen LogP contribution in [-0.2, 0) is 13.2 Å². The Morgan fingerprint density at radius 2 is 1.95 bits per heavy atom. The molecule has 0 spiro atoms. The average molecular weight is 336 g/mol. The normalized spacial score (nSPS) is 10.8. The van der Waals surface area contributed by atoms with E-state index in [1.165, 1.54) is 0 Å². The molecule has 5 heteroatoms. The third kappa shape index (κ3) is 4.02. The summed E-state index contributed by atoms with van der Waals surface area (Å²) in [7, 11) is 0. The molecule has 20 heavy (non-hydrogen) atoms. The second-order valence-corrected chi connectivity index (χ2v) is 5.73. The number of aromatic nitrogens is 2. The fraction of sp³-hybridized carbons (Fsp3) is 0.333. The lowest BCUT2D eigenvalue weighted by atomic mass is 10.1. The maximum atomic E-state index is 9.13. The van der Waals surface area contributed by atoms with Gasteiger partial charge in [-0.25, -0.2) is 9.97 Å². The number of hydrogen-bond donors (Lipinski definition) is 2. The molecule has 0 aliphatic rings. The second-order valence-electron chi connectivity index (χ2n) is 4.92. The molecule has 2 rings (SSSR count). The summed E-state index contributed by atoms with van der Waals surface area (Å²) in [6, 6.07) is 9.71. The lowest BCUT2D eigenvalue weighted by Gasteiger charge is -2.10. The van der Waals surface area contributed by atoms with Gasteiger partial charge in [-0.05, 0) is 27.1 Å². The van der Waals surface area contributed by atoms with Gasteiger partial charge in [0.2, 0.25) is 0 Å². The Morgan fingerprint density at radius 3 is 2.65 bits per heavy atom. The smallest absolute Gasteiger partial charge is 0.134 e. The van der Waals surface area contributed by atoms with E-state index in [1.54, 1.807) is 0 Å². The molecule has 1 aromatic heterocycles. The number of halogens is 1. The van der Waals surface area contributed by atoms with Crippen molar-refractivity contribution in [3.8, 4) is 0 Å². The van der Waals surface area contributed by atoms with Crippen LogP contribution in [0.3, 0.4) is 0 Å². The van der Waals surface area contributed by atoms with Crippen LogP contribution in [0.15, 0.2) is 34.9 Å². The standard InChI is InChI=1S/C15H18BrN3O/c1-10(2)15-18-13(16)7-14(19-15)17-8-11-4-3-5-12(6-11)9-20/h3-7,10,20H,8-9H2,1-2H3,(H,17,18,19). The van der Waals surface area contributed by atoms with E-state index in [0.717, 1.165) is 27.4 Å². The number of nitrogens with zero attached hydrogens (tertiary/aromatic N) is 2. The van der Waals surface area contributed by atoms with E-state index in [0.29, 0.717) is 6.54 Å². The van der Waals surface area contributed by atoms with Gasteiger partial charge >= 0.3 is 0 Å². The third-order valence-corrected chi connectivity index (χ3v) is 3.28. The van der Waals surface area contributed by atoms with Crippen LogP contribution in [0, 0.1) is 0 Å². The summed E-state index contributed by atoms with van der Waals surface area (Å²) < 4.78 is 0.780. The van der Waals surface area contributed by atoms with Crippen LogP contribution in [0.4, 0.5) is 5.82 Å². The number of nitrogens with one attached hydrogen (secondary N) is 1. The lowest BCUT2D eigenvalue weighted by Crippen LogP contribution is -2.06. The number of aliphatic hydroxyl groups excluding tert-OH is 1. The summed E-state index contributed by atoms with van der Waals surface area (Å²) in [5, 5.41) is 12.4. The zero-order valence-corrected chi connectivity index (χ0v) is 13.2. The Kier molecular flexibility index (Phi) is 5.09. The molecule has 1 heterocycles. The Hall–Kier alpha value is -1.46. The summed E-state index contributed by atoms with van der Waals surface area (Å²) in [5.74, 6) is 1.89. The fourth-order valence-corrected chi connectivity index (χ4v) is 2.21. The number of anilines is 1. The lowest BCUT2D eigenvalue weighted by molar-refractivity contribution is 0.281. The van der Waals surface area contributed by atoms with E-state index >= 15 is 0 Å². The Morgan fingerprint density at radius 1 is 1.20 bits per heavy atom. The monoisotopic (exact) mass is 335 g/mol.